The lowest BCUT2D eigenvalue weighted by atomic mass is 10.2. The molecule has 0 unspecified atom stereocenters. The topological polar surface area (TPSA) is 41.8 Å². The van der Waals surface area contributed by atoms with Crippen molar-refractivity contribution in [1.29, 1.82) is 0 Å². The van der Waals surface area contributed by atoms with E-state index in [0.717, 1.165) is 6.54 Å². The molecule has 90 valence electrons. The van der Waals surface area contributed by atoms with Gasteiger partial charge in [0.05, 0.1) is 13.1 Å². The molecule has 17 heavy (non-hydrogen) atoms. The summed E-state index contributed by atoms with van der Waals surface area (Å²) in [5, 5.41) is 13.2. The van der Waals surface area contributed by atoms with E-state index in [1.807, 2.05) is 24.4 Å². The highest BCUT2D eigenvalue weighted by atomic mass is 16.3. The number of quaternary nitrogens is 1. The molecule has 2 rings (SSSR count). The molecule has 0 aliphatic heterocycles. The summed E-state index contributed by atoms with van der Waals surface area (Å²) >= 11 is 0. The Balaban J connectivity index is 2.00. The normalized spacial score (nSPS) is 12.8. The van der Waals surface area contributed by atoms with E-state index < -0.39 is 0 Å². The standard InChI is InChI=1S/C14H18N2O/c1-2-8-15-10-13(17)11-16-9-7-12-5-3-4-6-14(12)16/h2-7,9,13,15,17H,1,8,10-11H2/p+1/t13-/m1/s1. The number of nitrogens with zero attached hydrogens (tertiary/aromatic N) is 1. The van der Waals surface area contributed by atoms with Gasteiger partial charge in [-0.3, -0.25) is 0 Å². The zero-order chi connectivity index (χ0) is 12.1. The molecule has 0 saturated carbocycles. The van der Waals surface area contributed by atoms with E-state index in [4.69, 9.17) is 0 Å². The van der Waals surface area contributed by atoms with Crippen molar-refractivity contribution < 1.29 is 10.4 Å². The van der Waals surface area contributed by atoms with E-state index in [1.165, 1.54) is 10.9 Å². The van der Waals surface area contributed by atoms with E-state index in [1.54, 1.807) is 0 Å². The number of fused-ring (bicyclic) bond motifs is 1. The summed E-state index contributed by atoms with van der Waals surface area (Å²) < 4.78 is 2.10. The van der Waals surface area contributed by atoms with Crippen LogP contribution in [0.25, 0.3) is 10.9 Å². The van der Waals surface area contributed by atoms with Crippen molar-refractivity contribution in [2.75, 3.05) is 13.1 Å². The van der Waals surface area contributed by atoms with Crippen molar-refractivity contribution in [3.05, 3.63) is 49.2 Å². The number of benzene rings is 1. The van der Waals surface area contributed by atoms with Crippen molar-refractivity contribution in [3.63, 3.8) is 0 Å². The van der Waals surface area contributed by atoms with Gasteiger partial charge in [-0.25, -0.2) is 0 Å². The highest BCUT2D eigenvalue weighted by Crippen LogP contribution is 2.15. The molecule has 0 aliphatic rings. The maximum Gasteiger partial charge on any atom is 0.121 e. The van der Waals surface area contributed by atoms with Crippen LogP contribution in [-0.4, -0.2) is 28.9 Å². The van der Waals surface area contributed by atoms with E-state index in [-0.39, 0.29) is 6.10 Å². The Morgan fingerprint density at radius 3 is 3.00 bits per heavy atom. The molecule has 3 heteroatoms. The summed E-state index contributed by atoms with van der Waals surface area (Å²) in [6.45, 7) is 5.85. The molecule has 0 fully saturated rings. The second kappa shape index (κ2) is 5.66. The molecule has 0 spiro atoms. The number of hydrogen-bond acceptors (Lipinski definition) is 1. The molecule has 0 saturated heterocycles. The summed E-state index contributed by atoms with van der Waals surface area (Å²) in [6, 6.07) is 10.3. The van der Waals surface area contributed by atoms with Crippen LogP contribution in [0.15, 0.2) is 49.2 Å². The largest absolute Gasteiger partial charge is 0.385 e. The first-order valence-corrected chi connectivity index (χ1v) is 5.96. The third-order valence-electron chi connectivity index (χ3n) is 2.86. The van der Waals surface area contributed by atoms with Crippen molar-refractivity contribution in [2.24, 2.45) is 0 Å². The molecule has 1 heterocycles. The Bertz CT molecular complexity index is 490. The number of aliphatic hydroxyl groups excluding tert-OH is 1. The monoisotopic (exact) mass is 231 g/mol. The lowest BCUT2D eigenvalue weighted by Crippen LogP contribution is -2.86. The maximum atomic E-state index is 9.92. The molecule has 1 aromatic heterocycles. The number of aromatic nitrogens is 1. The van der Waals surface area contributed by atoms with Crippen LogP contribution in [0.5, 0.6) is 0 Å². The third-order valence-corrected chi connectivity index (χ3v) is 2.86. The van der Waals surface area contributed by atoms with Gasteiger partial charge >= 0.3 is 0 Å². The molecule has 0 bridgehead atoms. The van der Waals surface area contributed by atoms with E-state index >= 15 is 0 Å². The Kier molecular flexibility index (Phi) is 3.96. The van der Waals surface area contributed by atoms with Gasteiger partial charge in [0.2, 0.25) is 0 Å². The predicted molar refractivity (Wildman–Crippen MR) is 69.8 cm³/mol. The highest BCUT2D eigenvalue weighted by Gasteiger charge is 2.08. The average molecular weight is 231 g/mol. The molecule has 1 aromatic carbocycles. The summed E-state index contributed by atoms with van der Waals surface area (Å²) in [6.07, 6.45) is 3.55. The summed E-state index contributed by atoms with van der Waals surface area (Å²) in [5.41, 5.74) is 1.18. The van der Waals surface area contributed by atoms with Crippen molar-refractivity contribution in [2.45, 2.75) is 12.6 Å². The molecule has 1 atom stereocenters. The fourth-order valence-corrected chi connectivity index (χ4v) is 2.01. The van der Waals surface area contributed by atoms with E-state index in [2.05, 4.69) is 34.7 Å². The molecule has 2 aromatic rings. The zero-order valence-electron chi connectivity index (χ0n) is 9.92. The van der Waals surface area contributed by atoms with Crippen molar-refractivity contribution >= 4 is 10.9 Å². The minimum absolute atomic E-state index is 0.328. The van der Waals surface area contributed by atoms with Gasteiger partial charge < -0.3 is 15.0 Å². The summed E-state index contributed by atoms with van der Waals surface area (Å²) in [7, 11) is 0. The van der Waals surface area contributed by atoms with E-state index in [0.29, 0.717) is 13.1 Å². The minimum atomic E-state index is -0.328. The Morgan fingerprint density at radius 2 is 2.18 bits per heavy atom. The van der Waals surface area contributed by atoms with Crippen LogP contribution in [0.3, 0.4) is 0 Å². The minimum Gasteiger partial charge on any atom is -0.385 e. The second-order valence-corrected chi connectivity index (χ2v) is 4.23. The van der Waals surface area contributed by atoms with Crippen LogP contribution < -0.4 is 5.32 Å². The van der Waals surface area contributed by atoms with Gasteiger partial charge in [-0.1, -0.05) is 24.8 Å². The fourth-order valence-electron chi connectivity index (χ4n) is 2.01. The first-order valence-electron chi connectivity index (χ1n) is 5.96. The smallest absolute Gasteiger partial charge is 0.121 e. The van der Waals surface area contributed by atoms with Crippen LogP contribution in [0.2, 0.25) is 0 Å². The number of aliphatic hydroxyl groups is 1. The first kappa shape index (κ1) is 11.9. The van der Waals surface area contributed by atoms with Crippen molar-refractivity contribution in [1.82, 2.24) is 4.57 Å². The van der Waals surface area contributed by atoms with E-state index in [9.17, 15) is 5.11 Å². The van der Waals surface area contributed by atoms with Crippen LogP contribution in [0.4, 0.5) is 0 Å². The van der Waals surface area contributed by atoms with Gasteiger partial charge in [0.1, 0.15) is 12.6 Å². The maximum absolute atomic E-state index is 9.92. The number of rotatable bonds is 6. The molecule has 0 radical (unpaired) electrons. The highest BCUT2D eigenvalue weighted by molar-refractivity contribution is 5.79. The predicted octanol–water partition coefficient (Wildman–Crippen LogP) is 0.752. The molecule has 0 amide bonds. The number of hydrogen-bond donors (Lipinski definition) is 2. The molecule has 3 nitrogen and oxygen atoms in total. The summed E-state index contributed by atoms with van der Waals surface area (Å²) in [5.74, 6) is 0. The molecule has 0 aliphatic carbocycles. The van der Waals surface area contributed by atoms with Gasteiger partial charge in [-0.15, -0.1) is 0 Å². The zero-order valence-corrected chi connectivity index (χ0v) is 9.92. The first-order chi connectivity index (χ1) is 8.31. The number of para-hydroxylation sites is 1. The van der Waals surface area contributed by atoms with Crippen LogP contribution in [0, 0.1) is 0 Å². The number of nitrogens with two attached hydrogens (primary N) is 1. The lowest BCUT2D eigenvalue weighted by molar-refractivity contribution is -0.652. The van der Waals surface area contributed by atoms with Crippen molar-refractivity contribution in [3.8, 4) is 0 Å². The molecule has 3 N–H and O–H groups in total. The van der Waals surface area contributed by atoms with Crippen LogP contribution in [-0.2, 0) is 6.54 Å². The van der Waals surface area contributed by atoms with Gasteiger partial charge in [0.25, 0.3) is 0 Å². The van der Waals surface area contributed by atoms with Gasteiger partial charge in [-0.05, 0) is 23.6 Å². The summed E-state index contributed by atoms with van der Waals surface area (Å²) in [4.78, 5) is 0. The van der Waals surface area contributed by atoms with Gasteiger partial charge in [-0.2, -0.15) is 0 Å². The Morgan fingerprint density at radius 1 is 1.35 bits per heavy atom. The second-order valence-electron chi connectivity index (χ2n) is 4.23. The van der Waals surface area contributed by atoms with Crippen LogP contribution in [0.1, 0.15) is 0 Å². The van der Waals surface area contributed by atoms with Gasteiger partial charge in [0.15, 0.2) is 0 Å². The quantitative estimate of drug-likeness (QED) is 0.559. The molecular weight excluding hydrogens is 212 g/mol. The third kappa shape index (κ3) is 2.96. The Labute approximate surface area is 101 Å². The Hall–Kier alpha value is -1.58. The lowest BCUT2D eigenvalue weighted by Gasteiger charge is -2.11. The van der Waals surface area contributed by atoms with Crippen LogP contribution >= 0.6 is 0 Å². The SMILES string of the molecule is C=CC[NH2+]C[C@@H](O)Cn1ccc2ccccc21. The molecular formula is C14H19N2O+. The fraction of sp³-hybridized carbons (Fsp3) is 0.286. The van der Waals surface area contributed by atoms with Gasteiger partial charge in [0, 0.05) is 11.7 Å². The average Bonchev–Trinajstić information content (AvgIpc) is 2.73.